The summed E-state index contributed by atoms with van der Waals surface area (Å²) < 4.78 is 5.21. The molecule has 0 radical (unpaired) electrons. The average Bonchev–Trinajstić information content (AvgIpc) is 2.64. The lowest BCUT2D eigenvalue weighted by Crippen LogP contribution is -2.50. The Morgan fingerprint density at radius 1 is 1.20 bits per heavy atom. The lowest BCUT2D eigenvalue weighted by Gasteiger charge is -2.39. The Bertz CT molecular complexity index is 611. The number of carbonyl (C=O) groups excluding carboxylic acids is 2. The molecule has 2 aliphatic heterocycles. The first-order valence-corrected chi connectivity index (χ1v) is 9.01. The molecule has 2 unspecified atom stereocenters. The van der Waals surface area contributed by atoms with E-state index in [1.54, 1.807) is 19.1 Å². The van der Waals surface area contributed by atoms with Crippen molar-refractivity contribution in [2.45, 2.75) is 37.8 Å². The molecule has 1 aromatic rings. The second kappa shape index (κ2) is 7.87. The lowest BCUT2D eigenvalue weighted by atomic mass is 9.83. The largest absolute Gasteiger partial charge is 0.497 e. The zero-order valence-corrected chi connectivity index (χ0v) is 15.0. The molecule has 1 aromatic carbocycles. The van der Waals surface area contributed by atoms with E-state index >= 15 is 0 Å². The smallest absolute Gasteiger partial charge is 0.225 e. The van der Waals surface area contributed by atoms with Gasteiger partial charge in [-0.15, -0.1) is 0 Å². The quantitative estimate of drug-likeness (QED) is 0.867. The fourth-order valence-corrected chi connectivity index (χ4v) is 3.84. The third-order valence-corrected chi connectivity index (χ3v) is 5.34. The van der Waals surface area contributed by atoms with Gasteiger partial charge >= 0.3 is 0 Å². The van der Waals surface area contributed by atoms with E-state index in [0.717, 1.165) is 37.2 Å². The molecule has 25 heavy (non-hydrogen) atoms. The highest BCUT2D eigenvalue weighted by Gasteiger charge is 2.39. The maximum absolute atomic E-state index is 12.9. The molecule has 0 saturated carbocycles. The summed E-state index contributed by atoms with van der Waals surface area (Å²) in [5.41, 5.74) is 0.974. The molecule has 2 atom stereocenters. The van der Waals surface area contributed by atoms with Gasteiger partial charge in [0.1, 0.15) is 5.75 Å². The van der Waals surface area contributed by atoms with Gasteiger partial charge < -0.3 is 20.3 Å². The van der Waals surface area contributed by atoms with Crippen LogP contribution in [0.2, 0.25) is 0 Å². The predicted molar refractivity (Wildman–Crippen MR) is 95.3 cm³/mol. The van der Waals surface area contributed by atoms with Crippen molar-refractivity contribution in [3.05, 3.63) is 29.8 Å². The van der Waals surface area contributed by atoms with E-state index in [1.807, 2.05) is 24.3 Å². The second-order valence-electron chi connectivity index (χ2n) is 6.90. The fraction of sp³-hybridized carbons (Fsp3) is 0.579. The summed E-state index contributed by atoms with van der Waals surface area (Å²) in [4.78, 5) is 26.9. The first-order valence-electron chi connectivity index (χ1n) is 9.01. The van der Waals surface area contributed by atoms with Crippen LogP contribution in [0.15, 0.2) is 24.3 Å². The Morgan fingerprint density at radius 2 is 1.88 bits per heavy atom. The first kappa shape index (κ1) is 17.7. The molecule has 3 rings (SSSR count). The van der Waals surface area contributed by atoms with Crippen molar-refractivity contribution in [3.8, 4) is 5.75 Å². The predicted octanol–water partition coefficient (Wildman–Crippen LogP) is 1.47. The Labute approximate surface area is 148 Å². The number of ether oxygens (including phenoxy) is 1. The van der Waals surface area contributed by atoms with Gasteiger partial charge in [0.15, 0.2) is 0 Å². The van der Waals surface area contributed by atoms with Crippen LogP contribution in [0.1, 0.15) is 37.3 Å². The molecule has 0 aliphatic carbocycles. The zero-order chi connectivity index (χ0) is 17.8. The summed E-state index contributed by atoms with van der Waals surface area (Å²) in [6.45, 7) is 1.88. The molecule has 2 fully saturated rings. The fourth-order valence-electron chi connectivity index (χ4n) is 3.84. The Hall–Kier alpha value is -2.08. The molecule has 2 heterocycles. The minimum absolute atomic E-state index is 0.0621. The number of likely N-dealkylation sites (tertiary alicyclic amines) is 1. The van der Waals surface area contributed by atoms with Crippen LogP contribution in [-0.4, -0.2) is 50.0 Å². The first-order chi connectivity index (χ1) is 12.1. The molecule has 2 amide bonds. The zero-order valence-electron chi connectivity index (χ0n) is 15.0. The highest BCUT2D eigenvalue weighted by molar-refractivity contribution is 5.85. The van der Waals surface area contributed by atoms with Crippen molar-refractivity contribution in [3.63, 3.8) is 0 Å². The van der Waals surface area contributed by atoms with Crippen LogP contribution in [0, 0.1) is 5.92 Å². The number of methoxy groups -OCH3 is 1. The summed E-state index contributed by atoms with van der Waals surface area (Å²) in [5.74, 6) is 0.703. The van der Waals surface area contributed by atoms with E-state index in [-0.39, 0.29) is 29.8 Å². The summed E-state index contributed by atoms with van der Waals surface area (Å²) in [7, 11) is 3.42. The molecule has 0 aromatic heterocycles. The highest BCUT2D eigenvalue weighted by atomic mass is 16.5. The van der Waals surface area contributed by atoms with Crippen molar-refractivity contribution >= 4 is 11.8 Å². The monoisotopic (exact) mass is 345 g/mol. The third-order valence-electron chi connectivity index (χ3n) is 5.34. The van der Waals surface area contributed by atoms with Crippen LogP contribution in [0.3, 0.4) is 0 Å². The SMILES string of the molecule is COc1ccc(C2C(C(=O)NC3CCNCC3)CCC(=O)N2C)cc1. The van der Waals surface area contributed by atoms with Crippen LogP contribution in [0.5, 0.6) is 5.75 Å². The number of rotatable bonds is 4. The Balaban J connectivity index is 1.78. The van der Waals surface area contributed by atoms with Crippen LogP contribution >= 0.6 is 0 Å². The maximum Gasteiger partial charge on any atom is 0.225 e. The van der Waals surface area contributed by atoms with Gasteiger partial charge in [-0.25, -0.2) is 0 Å². The number of benzene rings is 1. The normalized spacial score (nSPS) is 24.9. The van der Waals surface area contributed by atoms with Crippen molar-refractivity contribution < 1.29 is 14.3 Å². The van der Waals surface area contributed by atoms with Gasteiger partial charge in [-0.05, 0) is 50.0 Å². The van der Waals surface area contributed by atoms with E-state index < -0.39 is 0 Å². The van der Waals surface area contributed by atoms with Gasteiger partial charge in [0.2, 0.25) is 11.8 Å². The van der Waals surface area contributed by atoms with Crippen LogP contribution in [0.4, 0.5) is 0 Å². The summed E-state index contributed by atoms with van der Waals surface area (Å²) in [5, 5.41) is 6.51. The molecular weight excluding hydrogens is 318 g/mol. The van der Waals surface area contributed by atoms with Crippen LogP contribution in [0.25, 0.3) is 0 Å². The van der Waals surface area contributed by atoms with Gasteiger partial charge in [0.05, 0.1) is 19.1 Å². The molecule has 0 bridgehead atoms. The number of carbonyl (C=O) groups is 2. The van der Waals surface area contributed by atoms with Gasteiger partial charge in [-0.2, -0.15) is 0 Å². The number of hydrogen-bond donors (Lipinski definition) is 2. The molecule has 0 spiro atoms. The number of piperidine rings is 2. The Morgan fingerprint density at radius 3 is 2.52 bits per heavy atom. The Kier molecular flexibility index (Phi) is 5.58. The van der Waals surface area contributed by atoms with Crippen molar-refractivity contribution in [2.75, 3.05) is 27.2 Å². The summed E-state index contributed by atoms with van der Waals surface area (Å²) in [6, 6.07) is 7.66. The van der Waals surface area contributed by atoms with Gasteiger partial charge in [0, 0.05) is 19.5 Å². The molecule has 6 heteroatoms. The van der Waals surface area contributed by atoms with Crippen LogP contribution < -0.4 is 15.4 Å². The number of amides is 2. The van der Waals surface area contributed by atoms with Gasteiger partial charge in [-0.3, -0.25) is 9.59 Å². The number of nitrogens with one attached hydrogen (secondary N) is 2. The minimum Gasteiger partial charge on any atom is -0.497 e. The molecule has 2 saturated heterocycles. The second-order valence-corrected chi connectivity index (χ2v) is 6.90. The number of hydrogen-bond acceptors (Lipinski definition) is 4. The molecule has 2 aliphatic rings. The summed E-state index contributed by atoms with van der Waals surface area (Å²) >= 11 is 0. The number of nitrogens with zero attached hydrogens (tertiary/aromatic N) is 1. The van der Waals surface area contributed by atoms with Crippen molar-refractivity contribution in [1.29, 1.82) is 0 Å². The molecule has 136 valence electrons. The topological polar surface area (TPSA) is 70.7 Å². The molecular formula is C19H27N3O3. The molecule has 6 nitrogen and oxygen atoms in total. The van der Waals surface area contributed by atoms with E-state index in [9.17, 15) is 9.59 Å². The van der Waals surface area contributed by atoms with Crippen LogP contribution in [-0.2, 0) is 9.59 Å². The average molecular weight is 345 g/mol. The standard InChI is InChI=1S/C19H27N3O3/c1-22-17(23)8-7-16(19(24)21-14-9-11-20-12-10-14)18(22)13-3-5-15(25-2)6-4-13/h3-6,14,16,18,20H,7-12H2,1-2H3,(H,21,24). The van der Waals surface area contributed by atoms with E-state index in [4.69, 9.17) is 4.74 Å². The van der Waals surface area contributed by atoms with E-state index in [2.05, 4.69) is 10.6 Å². The minimum atomic E-state index is -0.228. The maximum atomic E-state index is 12.9. The summed E-state index contributed by atoms with van der Waals surface area (Å²) in [6.07, 6.45) is 2.94. The highest BCUT2D eigenvalue weighted by Crippen LogP contribution is 2.36. The van der Waals surface area contributed by atoms with E-state index in [1.165, 1.54) is 0 Å². The van der Waals surface area contributed by atoms with Gasteiger partial charge in [-0.1, -0.05) is 12.1 Å². The van der Waals surface area contributed by atoms with Crippen molar-refractivity contribution in [1.82, 2.24) is 15.5 Å². The van der Waals surface area contributed by atoms with E-state index in [0.29, 0.717) is 12.8 Å². The lowest BCUT2D eigenvalue weighted by molar-refractivity contribution is -0.142. The third kappa shape index (κ3) is 3.95. The van der Waals surface area contributed by atoms with Gasteiger partial charge in [0.25, 0.3) is 0 Å². The molecule has 2 N–H and O–H groups in total. The van der Waals surface area contributed by atoms with Crippen molar-refractivity contribution in [2.24, 2.45) is 5.92 Å².